The van der Waals surface area contributed by atoms with Crippen LogP contribution in [0.4, 0.5) is 23.2 Å². The van der Waals surface area contributed by atoms with Gasteiger partial charge in [0.1, 0.15) is 16.9 Å². The quantitative estimate of drug-likeness (QED) is 0.817. The van der Waals surface area contributed by atoms with Crippen molar-refractivity contribution in [2.45, 2.75) is 17.9 Å². The van der Waals surface area contributed by atoms with Crippen molar-refractivity contribution in [3.63, 3.8) is 0 Å². The second-order valence-electron chi connectivity index (χ2n) is 5.31. The van der Waals surface area contributed by atoms with Crippen LogP contribution >= 0.6 is 0 Å². The van der Waals surface area contributed by atoms with Gasteiger partial charge in [0.2, 0.25) is 5.91 Å². The molecule has 0 aromatic heterocycles. The fraction of sp³-hybridized carbons (Fsp3) is 0.188. The highest BCUT2D eigenvalue weighted by Gasteiger charge is 2.29. The number of hydrogen-bond donors (Lipinski definition) is 1. The van der Waals surface area contributed by atoms with Crippen LogP contribution in [0.2, 0.25) is 0 Å². The van der Waals surface area contributed by atoms with Crippen molar-refractivity contribution in [2.24, 2.45) is 0 Å². The Morgan fingerprint density at radius 3 is 2.28 bits per heavy atom. The monoisotopic (exact) mass is 375 g/mol. The molecule has 0 saturated carbocycles. The van der Waals surface area contributed by atoms with Crippen molar-refractivity contribution in [1.82, 2.24) is 0 Å². The van der Waals surface area contributed by atoms with E-state index in [1.165, 1.54) is 0 Å². The third-order valence-electron chi connectivity index (χ3n) is 3.45. The molecule has 0 bridgehead atoms. The third-order valence-corrected chi connectivity index (χ3v) is 5.47. The van der Waals surface area contributed by atoms with Crippen LogP contribution in [0.25, 0.3) is 0 Å². The molecule has 2 rings (SSSR count). The SMILES string of the molecule is C[C@H](C(=O)Nc1cc(F)ccc1F)S(=O)(=O)Cc1ccc(F)c(F)c1. The Morgan fingerprint density at radius 1 is 1.00 bits per heavy atom. The summed E-state index contributed by atoms with van der Waals surface area (Å²) < 4.78 is 77.1. The summed E-state index contributed by atoms with van der Waals surface area (Å²) in [5.74, 6) is -5.88. The number of amides is 1. The predicted octanol–water partition coefficient (Wildman–Crippen LogP) is 3.19. The Morgan fingerprint density at radius 2 is 1.64 bits per heavy atom. The van der Waals surface area contributed by atoms with Crippen molar-refractivity contribution >= 4 is 21.4 Å². The van der Waals surface area contributed by atoms with Crippen LogP contribution in [0.1, 0.15) is 12.5 Å². The highest BCUT2D eigenvalue weighted by Crippen LogP contribution is 2.18. The second-order valence-corrected chi connectivity index (χ2v) is 7.63. The van der Waals surface area contributed by atoms with Crippen molar-refractivity contribution < 1.29 is 30.8 Å². The zero-order valence-electron chi connectivity index (χ0n) is 12.9. The third kappa shape index (κ3) is 4.56. The van der Waals surface area contributed by atoms with Gasteiger partial charge in [-0.25, -0.2) is 26.0 Å². The summed E-state index contributed by atoms with van der Waals surface area (Å²) in [6.07, 6.45) is 0. The van der Waals surface area contributed by atoms with Gasteiger partial charge in [-0.05, 0) is 36.8 Å². The molecule has 2 aromatic rings. The lowest BCUT2D eigenvalue weighted by atomic mass is 10.2. The van der Waals surface area contributed by atoms with Crippen molar-refractivity contribution in [2.75, 3.05) is 5.32 Å². The molecule has 0 saturated heterocycles. The average Bonchev–Trinajstić information content (AvgIpc) is 2.53. The van der Waals surface area contributed by atoms with Gasteiger partial charge in [-0.1, -0.05) is 6.07 Å². The molecule has 0 heterocycles. The van der Waals surface area contributed by atoms with E-state index in [0.29, 0.717) is 12.1 Å². The number of hydrogen-bond acceptors (Lipinski definition) is 3. The molecule has 2 aromatic carbocycles. The van der Waals surface area contributed by atoms with E-state index < -0.39 is 55.7 Å². The molecule has 1 N–H and O–H groups in total. The standard InChI is InChI=1S/C16H13F4NO3S/c1-9(16(22)21-15-7-11(17)3-5-13(15)19)25(23,24)8-10-2-4-12(18)14(20)6-10/h2-7,9H,8H2,1H3,(H,21,22)/t9-/m1/s1. The fourth-order valence-corrected chi connectivity index (χ4v) is 3.26. The first-order valence-electron chi connectivity index (χ1n) is 7.01. The number of carbonyl (C=O) groups excluding carboxylic acids is 1. The maximum Gasteiger partial charge on any atom is 0.242 e. The topological polar surface area (TPSA) is 63.2 Å². The molecule has 1 amide bonds. The Bertz CT molecular complexity index is 916. The minimum atomic E-state index is -4.10. The zero-order valence-corrected chi connectivity index (χ0v) is 13.7. The highest BCUT2D eigenvalue weighted by molar-refractivity contribution is 7.92. The van der Waals surface area contributed by atoms with Gasteiger partial charge in [0.15, 0.2) is 21.5 Å². The Hall–Kier alpha value is -2.42. The van der Waals surface area contributed by atoms with Gasteiger partial charge in [-0.2, -0.15) is 0 Å². The molecule has 9 heteroatoms. The van der Waals surface area contributed by atoms with Gasteiger partial charge in [0, 0.05) is 6.07 Å². The molecular weight excluding hydrogens is 362 g/mol. The Kier molecular flexibility index (Phi) is 5.46. The van der Waals surface area contributed by atoms with E-state index in [1.54, 1.807) is 0 Å². The number of carbonyl (C=O) groups is 1. The van der Waals surface area contributed by atoms with E-state index in [1.807, 2.05) is 5.32 Å². The van der Waals surface area contributed by atoms with E-state index >= 15 is 0 Å². The molecule has 25 heavy (non-hydrogen) atoms. The molecule has 0 radical (unpaired) electrons. The molecule has 0 aliphatic heterocycles. The molecular formula is C16H13F4NO3S. The number of sulfone groups is 1. The molecule has 0 aliphatic carbocycles. The Balaban J connectivity index is 2.16. The molecule has 1 atom stereocenters. The van der Waals surface area contributed by atoms with Gasteiger partial charge in [0.05, 0.1) is 11.4 Å². The van der Waals surface area contributed by atoms with Crippen LogP contribution < -0.4 is 5.32 Å². The maximum absolute atomic E-state index is 13.5. The van der Waals surface area contributed by atoms with Crippen LogP contribution in [0, 0.1) is 23.3 Å². The normalized spacial score (nSPS) is 12.7. The molecule has 4 nitrogen and oxygen atoms in total. The lowest BCUT2D eigenvalue weighted by Crippen LogP contribution is -2.33. The molecule has 0 spiro atoms. The summed E-state index contributed by atoms with van der Waals surface area (Å²) in [4.78, 5) is 12.0. The van der Waals surface area contributed by atoms with Crippen molar-refractivity contribution in [3.05, 3.63) is 65.2 Å². The van der Waals surface area contributed by atoms with Gasteiger partial charge in [-0.15, -0.1) is 0 Å². The zero-order chi connectivity index (χ0) is 18.8. The van der Waals surface area contributed by atoms with E-state index in [-0.39, 0.29) is 5.56 Å². The number of halogens is 4. The first kappa shape index (κ1) is 18.9. The number of benzene rings is 2. The fourth-order valence-electron chi connectivity index (χ4n) is 1.98. The summed E-state index contributed by atoms with van der Waals surface area (Å²) in [6.45, 7) is 1.06. The van der Waals surface area contributed by atoms with Gasteiger partial charge < -0.3 is 5.32 Å². The lowest BCUT2D eigenvalue weighted by Gasteiger charge is -2.14. The molecule has 0 unspecified atom stereocenters. The minimum absolute atomic E-state index is 0.0458. The minimum Gasteiger partial charge on any atom is -0.322 e. The summed E-state index contributed by atoms with van der Waals surface area (Å²) >= 11 is 0. The van der Waals surface area contributed by atoms with Crippen LogP contribution in [-0.4, -0.2) is 19.6 Å². The average molecular weight is 375 g/mol. The molecule has 0 fully saturated rings. The van der Waals surface area contributed by atoms with Crippen LogP contribution in [-0.2, 0) is 20.4 Å². The number of nitrogens with one attached hydrogen (secondary N) is 1. The summed E-state index contributed by atoms with van der Waals surface area (Å²) in [5, 5.41) is 0.374. The lowest BCUT2D eigenvalue weighted by molar-refractivity contribution is -0.115. The van der Waals surface area contributed by atoms with E-state index in [9.17, 15) is 30.8 Å². The maximum atomic E-state index is 13.5. The summed E-state index contributed by atoms with van der Waals surface area (Å²) in [6, 6.07) is 4.89. The van der Waals surface area contributed by atoms with Gasteiger partial charge >= 0.3 is 0 Å². The summed E-state index contributed by atoms with van der Waals surface area (Å²) in [7, 11) is -4.10. The smallest absolute Gasteiger partial charge is 0.242 e. The van der Waals surface area contributed by atoms with Crippen LogP contribution in [0.3, 0.4) is 0 Å². The number of rotatable bonds is 5. The first-order valence-corrected chi connectivity index (χ1v) is 8.73. The highest BCUT2D eigenvalue weighted by atomic mass is 32.2. The molecule has 134 valence electrons. The van der Waals surface area contributed by atoms with Gasteiger partial charge in [-0.3, -0.25) is 4.79 Å². The summed E-state index contributed by atoms with van der Waals surface area (Å²) in [5.41, 5.74) is -0.546. The van der Waals surface area contributed by atoms with E-state index in [4.69, 9.17) is 0 Å². The molecule has 0 aliphatic rings. The largest absolute Gasteiger partial charge is 0.322 e. The van der Waals surface area contributed by atoms with E-state index in [0.717, 1.165) is 31.2 Å². The Labute approximate surface area is 141 Å². The van der Waals surface area contributed by atoms with Crippen molar-refractivity contribution in [3.8, 4) is 0 Å². The number of anilines is 1. The van der Waals surface area contributed by atoms with E-state index in [2.05, 4.69) is 0 Å². The first-order chi connectivity index (χ1) is 11.6. The predicted molar refractivity (Wildman–Crippen MR) is 83.4 cm³/mol. The van der Waals surface area contributed by atoms with Crippen molar-refractivity contribution in [1.29, 1.82) is 0 Å². The van der Waals surface area contributed by atoms with Gasteiger partial charge in [0.25, 0.3) is 0 Å². The van der Waals surface area contributed by atoms with Crippen LogP contribution in [0.15, 0.2) is 36.4 Å². The van der Waals surface area contributed by atoms with Crippen LogP contribution in [0.5, 0.6) is 0 Å². The second kappa shape index (κ2) is 7.22.